The number of carbonyl (C=O) groups excluding carboxylic acids is 1. The molecule has 0 aromatic rings. The predicted molar refractivity (Wildman–Crippen MR) is 45.5 cm³/mol. The van der Waals surface area contributed by atoms with E-state index in [1.165, 1.54) is 6.42 Å². The van der Waals surface area contributed by atoms with Crippen molar-refractivity contribution in [1.82, 2.24) is 0 Å². The van der Waals surface area contributed by atoms with Gasteiger partial charge in [0, 0.05) is 5.92 Å². The number of fused-ring (bicyclic) bond motifs is 2. The number of esters is 1. The highest BCUT2D eigenvalue weighted by molar-refractivity contribution is 5.75. The SMILES string of the molecule is CC(C)C1C2CCCC1C(=O)O2. The van der Waals surface area contributed by atoms with Crippen LogP contribution in [-0.4, -0.2) is 12.1 Å². The molecule has 2 nitrogen and oxygen atoms in total. The summed E-state index contributed by atoms with van der Waals surface area (Å²) in [7, 11) is 0. The Hall–Kier alpha value is -0.530. The van der Waals surface area contributed by atoms with E-state index in [0.717, 1.165) is 12.8 Å². The topological polar surface area (TPSA) is 26.3 Å². The third kappa shape index (κ3) is 1.05. The predicted octanol–water partition coefficient (Wildman–Crippen LogP) is 1.98. The molecular formula is C10H16O2. The summed E-state index contributed by atoms with van der Waals surface area (Å²) in [6.07, 6.45) is 3.56. The molecule has 2 heteroatoms. The fourth-order valence-electron chi connectivity index (χ4n) is 2.73. The van der Waals surface area contributed by atoms with Crippen molar-refractivity contribution >= 4 is 5.97 Å². The van der Waals surface area contributed by atoms with Gasteiger partial charge in [0.1, 0.15) is 6.10 Å². The molecule has 3 atom stereocenters. The second-order valence-corrected chi connectivity index (χ2v) is 4.33. The number of hydrogen-bond donors (Lipinski definition) is 0. The monoisotopic (exact) mass is 168 g/mol. The first-order valence-corrected chi connectivity index (χ1v) is 4.90. The largest absolute Gasteiger partial charge is 0.462 e. The van der Waals surface area contributed by atoms with Crippen molar-refractivity contribution in [2.45, 2.75) is 39.2 Å². The summed E-state index contributed by atoms with van der Waals surface area (Å²) in [6.45, 7) is 4.38. The molecule has 0 N–H and O–H groups in total. The standard InChI is InChI=1S/C10H16O2/c1-6(2)9-7-4-3-5-8(9)12-10(7)11/h6-9H,3-5H2,1-2H3. The van der Waals surface area contributed by atoms with E-state index < -0.39 is 0 Å². The fourth-order valence-corrected chi connectivity index (χ4v) is 2.73. The van der Waals surface area contributed by atoms with Gasteiger partial charge in [-0.05, 0) is 25.2 Å². The molecule has 1 aliphatic heterocycles. The van der Waals surface area contributed by atoms with Gasteiger partial charge in [0.05, 0.1) is 5.92 Å². The third-order valence-corrected chi connectivity index (χ3v) is 3.24. The normalized spacial score (nSPS) is 40.2. The van der Waals surface area contributed by atoms with Gasteiger partial charge in [0.15, 0.2) is 0 Å². The van der Waals surface area contributed by atoms with Crippen molar-refractivity contribution in [2.24, 2.45) is 17.8 Å². The second-order valence-electron chi connectivity index (χ2n) is 4.33. The van der Waals surface area contributed by atoms with Crippen LogP contribution in [0.1, 0.15) is 33.1 Å². The molecule has 68 valence electrons. The summed E-state index contributed by atoms with van der Waals surface area (Å²) in [4.78, 5) is 11.3. The highest BCUT2D eigenvalue weighted by Gasteiger charge is 2.47. The van der Waals surface area contributed by atoms with E-state index in [2.05, 4.69) is 13.8 Å². The van der Waals surface area contributed by atoms with Crippen LogP contribution in [-0.2, 0) is 9.53 Å². The van der Waals surface area contributed by atoms with Gasteiger partial charge in [-0.3, -0.25) is 4.79 Å². The molecular weight excluding hydrogens is 152 g/mol. The minimum Gasteiger partial charge on any atom is -0.462 e. The van der Waals surface area contributed by atoms with Crippen LogP contribution in [0.5, 0.6) is 0 Å². The van der Waals surface area contributed by atoms with E-state index in [1.54, 1.807) is 0 Å². The van der Waals surface area contributed by atoms with Crippen LogP contribution in [0.15, 0.2) is 0 Å². The molecule has 1 heterocycles. The van der Waals surface area contributed by atoms with E-state index in [4.69, 9.17) is 4.74 Å². The molecule has 2 bridgehead atoms. The highest BCUT2D eigenvalue weighted by Crippen LogP contribution is 2.43. The molecule has 0 amide bonds. The van der Waals surface area contributed by atoms with E-state index in [1.807, 2.05) is 0 Å². The Bertz CT molecular complexity index is 198. The molecule has 12 heavy (non-hydrogen) atoms. The summed E-state index contributed by atoms with van der Waals surface area (Å²) in [6, 6.07) is 0. The van der Waals surface area contributed by atoms with Crippen molar-refractivity contribution in [1.29, 1.82) is 0 Å². The molecule has 1 saturated carbocycles. The number of hydrogen-bond acceptors (Lipinski definition) is 2. The molecule has 0 aromatic heterocycles. The van der Waals surface area contributed by atoms with E-state index in [9.17, 15) is 4.79 Å². The maximum absolute atomic E-state index is 11.3. The minimum atomic E-state index is 0.0659. The van der Waals surface area contributed by atoms with Crippen LogP contribution in [0.2, 0.25) is 0 Å². The molecule has 2 rings (SSSR count). The molecule has 0 aromatic carbocycles. The lowest BCUT2D eigenvalue weighted by Gasteiger charge is -2.28. The molecule has 3 unspecified atom stereocenters. The molecule has 1 saturated heterocycles. The van der Waals surface area contributed by atoms with Gasteiger partial charge in [-0.25, -0.2) is 0 Å². The molecule has 2 aliphatic rings. The summed E-state index contributed by atoms with van der Waals surface area (Å²) < 4.78 is 5.32. The van der Waals surface area contributed by atoms with Crippen LogP contribution in [0.4, 0.5) is 0 Å². The van der Waals surface area contributed by atoms with E-state index in [0.29, 0.717) is 11.8 Å². The Labute approximate surface area is 73.3 Å². The molecule has 2 fully saturated rings. The molecule has 1 aliphatic carbocycles. The molecule has 0 spiro atoms. The zero-order valence-corrected chi connectivity index (χ0v) is 7.75. The fraction of sp³-hybridized carbons (Fsp3) is 0.900. The van der Waals surface area contributed by atoms with Gasteiger partial charge >= 0.3 is 5.97 Å². The Kier molecular flexibility index (Phi) is 1.85. The highest BCUT2D eigenvalue weighted by atomic mass is 16.6. The summed E-state index contributed by atoms with van der Waals surface area (Å²) in [5.41, 5.74) is 0. The average molecular weight is 168 g/mol. The summed E-state index contributed by atoms with van der Waals surface area (Å²) in [5, 5.41) is 0. The quantitative estimate of drug-likeness (QED) is 0.560. The van der Waals surface area contributed by atoms with E-state index >= 15 is 0 Å². The van der Waals surface area contributed by atoms with Crippen molar-refractivity contribution in [3.8, 4) is 0 Å². The van der Waals surface area contributed by atoms with Gasteiger partial charge in [-0.2, -0.15) is 0 Å². The van der Waals surface area contributed by atoms with Crippen LogP contribution in [0.25, 0.3) is 0 Å². The average Bonchev–Trinajstić information content (AvgIpc) is 2.20. The zero-order valence-electron chi connectivity index (χ0n) is 7.75. The number of ether oxygens (including phenoxy) is 1. The van der Waals surface area contributed by atoms with Gasteiger partial charge in [-0.15, -0.1) is 0 Å². The molecule has 0 radical (unpaired) electrons. The van der Waals surface area contributed by atoms with Crippen LogP contribution >= 0.6 is 0 Å². The minimum absolute atomic E-state index is 0.0659. The lowest BCUT2D eigenvalue weighted by atomic mass is 9.74. The van der Waals surface area contributed by atoms with Crippen molar-refractivity contribution in [3.05, 3.63) is 0 Å². The van der Waals surface area contributed by atoms with Crippen molar-refractivity contribution < 1.29 is 9.53 Å². The first kappa shape index (κ1) is 8.09. The smallest absolute Gasteiger partial charge is 0.309 e. The second kappa shape index (κ2) is 2.75. The van der Waals surface area contributed by atoms with Gasteiger partial charge in [-0.1, -0.05) is 13.8 Å². The number of rotatable bonds is 1. The van der Waals surface area contributed by atoms with Gasteiger partial charge < -0.3 is 4.74 Å². The van der Waals surface area contributed by atoms with Gasteiger partial charge in [0.25, 0.3) is 0 Å². The van der Waals surface area contributed by atoms with Crippen molar-refractivity contribution in [2.75, 3.05) is 0 Å². The Morgan fingerprint density at radius 1 is 1.42 bits per heavy atom. The third-order valence-electron chi connectivity index (χ3n) is 3.24. The van der Waals surface area contributed by atoms with Crippen LogP contribution in [0, 0.1) is 17.8 Å². The van der Waals surface area contributed by atoms with E-state index in [-0.39, 0.29) is 18.0 Å². The van der Waals surface area contributed by atoms with Crippen LogP contribution < -0.4 is 0 Å². The number of carbonyl (C=O) groups is 1. The first-order valence-electron chi connectivity index (χ1n) is 4.90. The lowest BCUT2D eigenvalue weighted by molar-refractivity contribution is -0.143. The maximum Gasteiger partial charge on any atom is 0.309 e. The van der Waals surface area contributed by atoms with Crippen molar-refractivity contribution in [3.63, 3.8) is 0 Å². The summed E-state index contributed by atoms with van der Waals surface area (Å²) >= 11 is 0. The summed E-state index contributed by atoms with van der Waals surface area (Å²) in [5.74, 6) is 1.39. The lowest BCUT2D eigenvalue weighted by Crippen LogP contribution is -2.29. The zero-order chi connectivity index (χ0) is 8.72. The maximum atomic E-state index is 11.3. The van der Waals surface area contributed by atoms with Crippen LogP contribution in [0.3, 0.4) is 0 Å². The van der Waals surface area contributed by atoms with Gasteiger partial charge in [0.2, 0.25) is 0 Å². The Balaban J connectivity index is 2.19. The Morgan fingerprint density at radius 3 is 2.67 bits per heavy atom. The Morgan fingerprint density at radius 2 is 2.17 bits per heavy atom. The first-order chi connectivity index (χ1) is 5.70.